The molecular formula is C24H31F6N3O8S. The summed E-state index contributed by atoms with van der Waals surface area (Å²) in [5.41, 5.74) is 11.9. The van der Waals surface area contributed by atoms with E-state index in [-0.39, 0.29) is 18.0 Å². The number of hydrogen-bond acceptors (Lipinski definition) is 8. The number of nitrogens with two attached hydrogens (primary N) is 2. The van der Waals surface area contributed by atoms with E-state index in [4.69, 9.17) is 31.3 Å². The molecule has 0 aromatic heterocycles. The number of nitrogen functional groups attached to an aromatic ring is 1. The quantitative estimate of drug-likeness (QED) is 0.175. The number of anilines is 1. The maximum absolute atomic E-state index is 13.1. The monoisotopic (exact) mass is 635 g/mol. The molecule has 0 heterocycles. The number of benzene rings is 2. The van der Waals surface area contributed by atoms with Crippen molar-refractivity contribution in [1.29, 1.82) is 0 Å². The van der Waals surface area contributed by atoms with Gasteiger partial charge in [0.1, 0.15) is 0 Å². The molecule has 2 aromatic carbocycles. The van der Waals surface area contributed by atoms with Crippen molar-refractivity contribution in [1.82, 2.24) is 4.31 Å². The lowest BCUT2D eigenvalue weighted by Gasteiger charge is -2.31. The number of carboxylic acid groups (broad SMARTS) is 2. The summed E-state index contributed by atoms with van der Waals surface area (Å²) in [5.74, 6) is -5.51. The van der Waals surface area contributed by atoms with Crippen LogP contribution >= 0.6 is 0 Å². The molecule has 2 aromatic rings. The van der Waals surface area contributed by atoms with Gasteiger partial charge in [-0.2, -0.15) is 30.6 Å². The van der Waals surface area contributed by atoms with Crippen molar-refractivity contribution in [3.63, 3.8) is 0 Å². The van der Waals surface area contributed by atoms with Gasteiger partial charge in [-0.1, -0.05) is 30.3 Å². The molecule has 0 bridgehead atoms. The molecule has 0 radical (unpaired) electrons. The number of sulfonamides is 1. The van der Waals surface area contributed by atoms with Crippen LogP contribution in [0.4, 0.5) is 32.0 Å². The predicted octanol–water partition coefficient (Wildman–Crippen LogP) is 2.23. The molecule has 0 saturated heterocycles. The van der Waals surface area contributed by atoms with Crippen molar-refractivity contribution in [3.8, 4) is 0 Å². The number of aliphatic carboxylic acids is 2. The minimum Gasteiger partial charge on any atom is -0.475 e. The lowest BCUT2D eigenvalue weighted by Crippen LogP contribution is -2.50. The van der Waals surface area contributed by atoms with Crippen molar-refractivity contribution in [3.05, 3.63) is 60.2 Å². The number of carboxylic acids is 2. The van der Waals surface area contributed by atoms with Crippen molar-refractivity contribution in [2.75, 3.05) is 18.8 Å². The van der Waals surface area contributed by atoms with Crippen LogP contribution in [0.2, 0.25) is 0 Å². The number of aliphatic hydroxyl groups is 2. The molecule has 0 amide bonds. The fourth-order valence-electron chi connectivity index (χ4n) is 2.83. The summed E-state index contributed by atoms with van der Waals surface area (Å²) in [6.45, 7) is 2.60. The number of halogens is 6. The second-order valence-electron chi connectivity index (χ2n) is 9.21. The second kappa shape index (κ2) is 15.7. The van der Waals surface area contributed by atoms with Gasteiger partial charge < -0.3 is 31.9 Å². The number of nitrogens with zero attached hydrogens (tertiary/aromatic N) is 1. The Morgan fingerprint density at radius 2 is 1.29 bits per heavy atom. The van der Waals surface area contributed by atoms with E-state index < -0.39 is 52.1 Å². The molecule has 8 N–H and O–H groups in total. The molecule has 0 fully saturated rings. The molecule has 238 valence electrons. The van der Waals surface area contributed by atoms with E-state index in [0.717, 1.165) is 9.87 Å². The lowest BCUT2D eigenvalue weighted by molar-refractivity contribution is -0.193. The molecule has 18 heteroatoms. The summed E-state index contributed by atoms with van der Waals surface area (Å²) in [7, 11) is -3.95. The molecule has 0 aliphatic rings. The van der Waals surface area contributed by atoms with E-state index in [1.807, 2.05) is 30.3 Å². The fraction of sp³-hybridized carbons (Fsp3) is 0.417. The molecule has 11 nitrogen and oxygen atoms in total. The van der Waals surface area contributed by atoms with Gasteiger partial charge in [-0.05, 0) is 50.1 Å². The SMILES string of the molecule is CC(C)(O)CN(C[C@@H](O)[C@@H](N)Cc1ccccc1)S(=O)(=O)c1ccc(N)cc1.O=C(O)C(F)(F)F.O=C(O)C(F)(F)F. The maximum Gasteiger partial charge on any atom is 0.490 e. The van der Waals surface area contributed by atoms with Gasteiger partial charge in [-0.25, -0.2) is 18.0 Å². The van der Waals surface area contributed by atoms with Crippen molar-refractivity contribution in [2.24, 2.45) is 5.73 Å². The highest BCUT2D eigenvalue weighted by atomic mass is 32.2. The largest absolute Gasteiger partial charge is 0.490 e. The van der Waals surface area contributed by atoms with Crippen LogP contribution in [0.5, 0.6) is 0 Å². The highest BCUT2D eigenvalue weighted by Crippen LogP contribution is 2.21. The molecule has 0 unspecified atom stereocenters. The molecule has 2 atom stereocenters. The average molecular weight is 636 g/mol. The van der Waals surface area contributed by atoms with Crippen molar-refractivity contribution in [2.45, 2.75) is 55.3 Å². The smallest absolute Gasteiger partial charge is 0.475 e. The van der Waals surface area contributed by atoms with Gasteiger partial charge in [0.2, 0.25) is 10.0 Å². The van der Waals surface area contributed by atoms with Crippen LogP contribution in [0.25, 0.3) is 0 Å². The summed E-state index contributed by atoms with van der Waals surface area (Å²) >= 11 is 0. The van der Waals surface area contributed by atoms with E-state index >= 15 is 0 Å². The zero-order chi connectivity index (χ0) is 33.1. The molecule has 0 aliphatic carbocycles. The normalized spacial score (nSPS) is 13.6. The third-order valence-electron chi connectivity index (χ3n) is 4.77. The molecule has 0 spiro atoms. The van der Waals surface area contributed by atoms with Crippen LogP contribution in [-0.2, 0) is 26.0 Å². The minimum atomic E-state index is -5.08. The molecule has 0 saturated carbocycles. The Morgan fingerprint density at radius 3 is 1.64 bits per heavy atom. The molecule has 42 heavy (non-hydrogen) atoms. The Morgan fingerprint density at radius 1 is 0.881 bits per heavy atom. The number of rotatable bonds is 9. The Balaban J connectivity index is 0.000000990. The van der Waals surface area contributed by atoms with Gasteiger partial charge in [-0.15, -0.1) is 0 Å². The van der Waals surface area contributed by atoms with Crippen molar-refractivity contribution < 1.29 is 64.8 Å². The van der Waals surface area contributed by atoms with Crippen LogP contribution < -0.4 is 11.5 Å². The van der Waals surface area contributed by atoms with Crippen LogP contribution in [0, 0.1) is 0 Å². The Kier molecular flexibility index (Phi) is 14.4. The van der Waals surface area contributed by atoms with Crippen LogP contribution in [0.1, 0.15) is 19.4 Å². The summed E-state index contributed by atoms with van der Waals surface area (Å²) in [6, 6.07) is 14.6. The predicted molar refractivity (Wildman–Crippen MR) is 137 cm³/mol. The van der Waals surface area contributed by atoms with Gasteiger partial charge in [-0.3, -0.25) is 0 Å². The van der Waals surface area contributed by atoms with Gasteiger partial charge in [0, 0.05) is 24.8 Å². The third kappa shape index (κ3) is 15.0. The standard InChI is InChI=1S/C20H29N3O4S.2C2HF3O2/c1-20(2,25)14-23(28(26,27)17-10-8-16(21)9-11-17)13-19(24)18(22)12-15-6-4-3-5-7-15;2*3-2(4,5)1(6)7/h3-11,18-19,24-25H,12-14,21-22H2,1-2H3;2*(H,6,7)/t18-,19+;;/m0../s1. The van der Waals surface area contributed by atoms with Gasteiger partial charge in [0.15, 0.2) is 0 Å². The third-order valence-corrected chi connectivity index (χ3v) is 6.59. The summed E-state index contributed by atoms with van der Waals surface area (Å²) in [4.78, 5) is 17.8. The van der Waals surface area contributed by atoms with E-state index in [9.17, 15) is 45.0 Å². The maximum atomic E-state index is 13.1. The number of aliphatic hydroxyl groups excluding tert-OH is 1. The first-order chi connectivity index (χ1) is 18.9. The minimum absolute atomic E-state index is 0.0368. The fourth-order valence-corrected chi connectivity index (χ4v) is 4.45. The van der Waals surface area contributed by atoms with E-state index in [1.165, 1.54) is 38.1 Å². The van der Waals surface area contributed by atoms with Crippen LogP contribution in [0.3, 0.4) is 0 Å². The topological polar surface area (TPSA) is 204 Å². The van der Waals surface area contributed by atoms with Gasteiger partial charge in [0.05, 0.1) is 16.6 Å². The molecule has 2 rings (SSSR count). The molecular weight excluding hydrogens is 604 g/mol. The zero-order valence-corrected chi connectivity index (χ0v) is 23.0. The number of carbonyl (C=O) groups is 2. The van der Waals surface area contributed by atoms with Crippen LogP contribution in [0.15, 0.2) is 59.5 Å². The lowest BCUT2D eigenvalue weighted by atomic mass is 10.0. The van der Waals surface area contributed by atoms with Gasteiger partial charge in [0.25, 0.3) is 0 Å². The Hall–Kier alpha value is -3.45. The van der Waals surface area contributed by atoms with Gasteiger partial charge >= 0.3 is 24.3 Å². The summed E-state index contributed by atoms with van der Waals surface area (Å²) in [5, 5.41) is 35.0. The van der Waals surface area contributed by atoms with E-state index in [0.29, 0.717) is 12.1 Å². The zero-order valence-electron chi connectivity index (χ0n) is 22.2. The number of alkyl halides is 6. The Labute approximate surface area is 237 Å². The highest BCUT2D eigenvalue weighted by Gasteiger charge is 2.39. The van der Waals surface area contributed by atoms with E-state index in [1.54, 1.807) is 0 Å². The van der Waals surface area contributed by atoms with Crippen LogP contribution in [-0.4, -0.2) is 88.3 Å². The number of hydrogen-bond donors (Lipinski definition) is 6. The second-order valence-corrected chi connectivity index (χ2v) is 11.1. The Bertz CT molecular complexity index is 1210. The van der Waals surface area contributed by atoms with E-state index in [2.05, 4.69) is 0 Å². The summed E-state index contributed by atoms with van der Waals surface area (Å²) in [6.07, 6.45) is -10.9. The first-order valence-corrected chi connectivity index (χ1v) is 13.0. The highest BCUT2D eigenvalue weighted by molar-refractivity contribution is 7.89. The van der Waals surface area contributed by atoms with Crippen molar-refractivity contribution >= 4 is 27.6 Å². The molecule has 0 aliphatic heterocycles. The average Bonchev–Trinajstić information content (AvgIpc) is 2.83. The summed E-state index contributed by atoms with van der Waals surface area (Å²) < 4.78 is 90.7. The first-order valence-electron chi connectivity index (χ1n) is 11.5. The first kappa shape index (κ1) is 38.5.